The van der Waals surface area contributed by atoms with Gasteiger partial charge in [0, 0.05) is 12.7 Å². The number of pyridine rings is 1. The van der Waals surface area contributed by atoms with Crippen molar-refractivity contribution in [3.8, 4) is 5.75 Å². The van der Waals surface area contributed by atoms with Crippen molar-refractivity contribution >= 4 is 5.91 Å². The molecule has 0 radical (unpaired) electrons. The maximum absolute atomic E-state index is 11.8. The largest absolute Gasteiger partial charge is 0.497 e. The van der Waals surface area contributed by atoms with Crippen molar-refractivity contribution in [2.24, 2.45) is 0 Å². The van der Waals surface area contributed by atoms with Gasteiger partial charge in [-0.1, -0.05) is 12.1 Å². The molecule has 1 heterocycles. The Kier molecular flexibility index (Phi) is 4.55. The lowest BCUT2D eigenvalue weighted by Crippen LogP contribution is -2.30. The molecule has 0 atom stereocenters. The van der Waals surface area contributed by atoms with Gasteiger partial charge in [-0.2, -0.15) is 0 Å². The van der Waals surface area contributed by atoms with Gasteiger partial charge in [0.1, 0.15) is 11.3 Å². The fourth-order valence-electron chi connectivity index (χ4n) is 1.81. The van der Waals surface area contributed by atoms with E-state index in [0.29, 0.717) is 13.0 Å². The number of aromatic amines is 1. The molecule has 2 N–H and O–H groups in total. The van der Waals surface area contributed by atoms with Crippen LogP contribution < -0.4 is 15.6 Å². The standard InChI is InChI=1S/C15H16N2O3/c1-20-12-6-4-11(5-7-12)8-10-17-15(19)13-3-2-9-16-14(13)18/h2-7,9H,8,10H2,1H3,(H,16,18)(H,17,19). The van der Waals surface area contributed by atoms with Crippen LogP contribution in [0.15, 0.2) is 47.4 Å². The number of hydrogen-bond acceptors (Lipinski definition) is 3. The molecular weight excluding hydrogens is 256 g/mol. The molecule has 104 valence electrons. The van der Waals surface area contributed by atoms with Gasteiger partial charge in [-0.25, -0.2) is 0 Å². The van der Waals surface area contributed by atoms with Gasteiger partial charge in [-0.05, 0) is 36.2 Å². The quantitative estimate of drug-likeness (QED) is 0.863. The molecule has 0 bridgehead atoms. The molecular formula is C15H16N2O3. The number of H-pyrrole nitrogens is 1. The first kappa shape index (κ1) is 13.9. The van der Waals surface area contributed by atoms with Crippen LogP contribution in [0.4, 0.5) is 0 Å². The van der Waals surface area contributed by atoms with E-state index < -0.39 is 0 Å². The topological polar surface area (TPSA) is 71.2 Å². The van der Waals surface area contributed by atoms with E-state index in [-0.39, 0.29) is 17.0 Å². The molecule has 5 nitrogen and oxygen atoms in total. The molecule has 2 rings (SSSR count). The van der Waals surface area contributed by atoms with Crippen LogP contribution >= 0.6 is 0 Å². The summed E-state index contributed by atoms with van der Waals surface area (Å²) in [5.74, 6) is 0.439. The Hall–Kier alpha value is -2.56. The van der Waals surface area contributed by atoms with E-state index >= 15 is 0 Å². The number of carbonyl (C=O) groups is 1. The number of amides is 1. The molecule has 0 aliphatic heterocycles. The zero-order valence-electron chi connectivity index (χ0n) is 11.2. The Morgan fingerprint density at radius 3 is 2.65 bits per heavy atom. The summed E-state index contributed by atoms with van der Waals surface area (Å²) in [5.41, 5.74) is 0.838. The van der Waals surface area contributed by atoms with Gasteiger partial charge >= 0.3 is 0 Å². The van der Waals surface area contributed by atoms with Gasteiger partial charge in [-0.3, -0.25) is 9.59 Å². The molecule has 0 unspecified atom stereocenters. The van der Waals surface area contributed by atoms with Crippen LogP contribution in [0.25, 0.3) is 0 Å². The van der Waals surface area contributed by atoms with Crippen LogP contribution in [0.5, 0.6) is 5.75 Å². The third-order valence-corrected chi connectivity index (χ3v) is 2.92. The van der Waals surface area contributed by atoms with Gasteiger partial charge < -0.3 is 15.0 Å². The maximum Gasteiger partial charge on any atom is 0.260 e. The van der Waals surface area contributed by atoms with E-state index in [9.17, 15) is 9.59 Å². The number of nitrogens with one attached hydrogen (secondary N) is 2. The lowest BCUT2D eigenvalue weighted by molar-refractivity contribution is 0.0952. The summed E-state index contributed by atoms with van der Waals surface area (Å²) in [7, 11) is 1.62. The van der Waals surface area contributed by atoms with Crippen molar-refractivity contribution in [1.82, 2.24) is 10.3 Å². The summed E-state index contributed by atoms with van der Waals surface area (Å²) in [6.07, 6.45) is 2.19. The average molecular weight is 272 g/mol. The zero-order chi connectivity index (χ0) is 14.4. The fourth-order valence-corrected chi connectivity index (χ4v) is 1.81. The number of hydrogen-bond donors (Lipinski definition) is 2. The predicted octanol–water partition coefficient (Wildman–Crippen LogP) is 1.36. The Labute approximate surface area is 116 Å². The van der Waals surface area contributed by atoms with E-state index in [1.807, 2.05) is 24.3 Å². The first-order chi connectivity index (χ1) is 9.70. The Morgan fingerprint density at radius 1 is 1.25 bits per heavy atom. The molecule has 2 aromatic rings. The molecule has 0 aliphatic carbocycles. The number of methoxy groups -OCH3 is 1. The highest BCUT2D eigenvalue weighted by Gasteiger charge is 2.08. The minimum absolute atomic E-state index is 0.127. The second-order valence-corrected chi connectivity index (χ2v) is 4.27. The third kappa shape index (κ3) is 3.47. The molecule has 1 aromatic carbocycles. The van der Waals surface area contributed by atoms with Crippen molar-refractivity contribution < 1.29 is 9.53 Å². The summed E-state index contributed by atoms with van der Waals surface area (Å²) in [6.45, 7) is 0.472. The highest BCUT2D eigenvalue weighted by atomic mass is 16.5. The van der Waals surface area contributed by atoms with E-state index in [2.05, 4.69) is 10.3 Å². The lowest BCUT2D eigenvalue weighted by atomic mass is 10.1. The van der Waals surface area contributed by atoms with Gasteiger partial charge in [0.2, 0.25) is 0 Å². The molecule has 1 amide bonds. The number of carbonyl (C=O) groups excluding carboxylic acids is 1. The Balaban J connectivity index is 1.88. The van der Waals surface area contributed by atoms with Crippen LogP contribution in [-0.4, -0.2) is 24.5 Å². The van der Waals surface area contributed by atoms with Gasteiger partial charge in [0.15, 0.2) is 0 Å². The summed E-state index contributed by atoms with van der Waals surface area (Å²) < 4.78 is 5.07. The van der Waals surface area contributed by atoms with Crippen LogP contribution in [0.3, 0.4) is 0 Å². The lowest BCUT2D eigenvalue weighted by Gasteiger charge is -2.05. The van der Waals surface area contributed by atoms with Crippen LogP contribution in [0.2, 0.25) is 0 Å². The highest BCUT2D eigenvalue weighted by Crippen LogP contribution is 2.11. The summed E-state index contributed by atoms with van der Waals surface area (Å²) in [6, 6.07) is 10.8. The molecule has 5 heteroatoms. The number of ether oxygens (including phenoxy) is 1. The number of benzene rings is 1. The molecule has 0 saturated carbocycles. The second kappa shape index (κ2) is 6.56. The van der Waals surface area contributed by atoms with Crippen molar-refractivity contribution in [2.45, 2.75) is 6.42 Å². The Morgan fingerprint density at radius 2 is 2.00 bits per heavy atom. The van der Waals surface area contributed by atoms with E-state index in [1.165, 1.54) is 12.3 Å². The number of aromatic nitrogens is 1. The smallest absolute Gasteiger partial charge is 0.260 e. The highest BCUT2D eigenvalue weighted by molar-refractivity contribution is 5.93. The third-order valence-electron chi connectivity index (χ3n) is 2.92. The fraction of sp³-hybridized carbons (Fsp3) is 0.200. The molecule has 0 fully saturated rings. The number of rotatable bonds is 5. The van der Waals surface area contributed by atoms with Crippen molar-refractivity contribution in [2.75, 3.05) is 13.7 Å². The van der Waals surface area contributed by atoms with Gasteiger partial charge in [-0.15, -0.1) is 0 Å². The van der Waals surface area contributed by atoms with Crippen LogP contribution in [0.1, 0.15) is 15.9 Å². The summed E-state index contributed by atoms with van der Waals surface area (Å²) in [5, 5.41) is 2.73. The van der Waals surface area contributed by atoms with Crippen molar-refractivity contribution in [1.29, 1.82) is 0 Å². The van der Waals surface area contributed by atoms with Crippen LogP contribution in [0, 0.1) is 0 Å². The molecule has 0 saturated heterocycles. The Bertz CT molecular complexity index is 632. The monoisotopic (exact) mass is 272 g/mol. The van der Waals surface area contributed by atoms with Crippen LogP contribution in [-0.2, 0) is 6.42 Å². The van der Waals surface area contributed by atoms with E-state index in [1.54, 1.807) is 13.2 Å². The normalized spacial score (nSPS) is 10.1. The molecule has 0 aliphatic rings. The van der Waals surface area contributed by atoms with Gasteiger partial charge in [0.05, 0.1) is 7.11 Å². The zero-order valence-corrected chi connectivity index (χ0v) is 11.2. The maximum atomic E-state index is 11.8. The molecule has 0 spiro atoms. The van der Waals surface area contributed by atoms with E-state index in [0.717, 1.165) is 11.3 Å². The van der Waals surface area contributed by atoms with Crippen molar-refractivity contribution in [3.63, 3.8) is 0 Å². The van der Waals surface area contributed by atoms with Crippen molar-refractivity contribution in [3.05, 3.63) is 64.1 Å². The predicted molar refractivity (Wildman–Crippen MR) is 76.1 cm³/mol. The second-order valence-electron chi connectivity index (χ2n) is 4.27. The summed E-state index contributed by atoms with van der Waals surface area (Å²) >= 11 is 0. The summed E-state index contributed by atoms with van der Waals surface area (Å²) in [4.78, 5) is 25.7. The molecule has 1 aromatic heterocycles. The van der Waals surface area contributed by atoms with E-state index in [4.69, 9.17) is 4.74 Å². The first-order valence-electron chi connectivity index (χ1n) is 6.29. The van der Waals surface area contributed by atoms with Gasteiger partial charge in [0.25, 0.3) is 11.5 Å². The first-order valence-corrected chi connectivity index (χ1v) is 6.29. The molecule has 20 heavy (non-hydrogen) atoms. The minimum atomic E-state index is -0.380. The SMILES string of the molecule is COc1ccc(CCNC(=O)c2ccc[nH]c2=O)cc1. The average Bonchev–Trinajstić information content (AvgIpc) is 2.48. The minimum Gasteiger partial charge on any atom is -0.497 e.